The topological polar surface area (TPSA) is 75.4 Å². The third-order valence-corrected chi connectivity index (χ3v) is 3.83. The van der Waals surface area contributed by atoms with Crippen molar-refractivity contribution in [3.63, 3.8) is 0 Å². The fourth-order valence-electron chi connectivity index (χ4n) is 2.42. The highest BCUT2D eigenvalue weighted by atomic mass is 35.5. The number of hydrogen-bond acceptors (Lipinski definition) is 3. The zero-order valence-electron chi connectivity index (χ0n) is 11.9. The van der Waals surface area contributed by atoms with Crippen molar-refractivity contribution in [3.05, 3.63) is 28.8 Å². The van der Waals surface area contributed by atoms with Crippen molar-refractivity contribution in [2.24, 2.45) is 0 Å². The van der Waals surface area contributed by atoms with E-state index in [0.717, 1.165) is 25.9 Å². The number of rotatable bonds is 4. The van der Waals surface area contributed by atoms with Gasteiger partial charge < -0.3 is 16.0 Å². The lowest BCUT2D eigenvalue weighted by molar-refractivity contribution is -0.131. The molecule has 2 rings (SSSR count). The number of piperidine rings is 1. The molecule has 114 valence electrons. The Kier molecular flexibility index (Phi) is 5.44. The Morgan fingerprint density at radius 3 is 2.62 bits per heavy atom. The van der Waals surface area contributed by atoms with Crippen LogP contribution in [0.5, 0.6) is 0 Å². The van der Waals surface area contributed by atoms with E-state index < -0.39 is 0 Å². The van der Waals surface area contributed by atoms with Gasteiger partial charge in [-0.25, -0.2) is 0 Å². The van der Waals surface area contributed by atoms with E-state index in [2.05, 4.69) is 5.32 Å². The van der Waals surface area contributed by atoms with E-state index in [1.165, 1.54) is 12.5 Å². The molecule has 6 heteroatoms. The summed E-state index contributed by atoms with van der Waals surface area (Å²) >= 11 is 5.79. The number of hydrogen-bond donors (Lipinski definition) is 2. The minimum atomic E-state index is -0.282. The normalized spacial score (nSPS) is 14.8. The zero-order valence-corrected chi connectivity index (χ0v) is 12.7. The fourth-order valence-corrected chi connectivity index (χ4v) is 2.60. The lowest BCUT2D eigenvalue weighted by Gasteiger charge is -2.26. The van der Waals surface area contributed by atoms with Crippen LogP contribution in [0.3, 0.4) is 0 Å². The minimum Gasteiger partial charge on any atom is -0.398 e. The molecule has 0 aromatic heterocycles. The first kappa shape index (κ1) is 15.6. The van der Waals surface area contributed by atoms with Crippen LogP contribution < -0.4 is 11.1 Å². The molecule has 0 bridgehead atoms. The van der Waals surface area contributed by atoms with E-state index >= 15 is 0 Å². The van der Waals surface area contributed by atoms with Crippen LogP contribution in [0.2, 0.25) is 5.02 Å². The Hall–Kier alpha value is -1.75. The average Bonchev–Trinajstić information content (AvgIpc) is 2.47. The molecule has 0 spiro atoms. The van der Waals surface area contributed by atoms with E-state index in [0.29, 0.717) is 29.2 Å². The summed E-state index contributed by atoms with van der Waals surface area (Å²) in [5.41, 5.74) is 6.47. The highest BCUT2D eigenvalue weighted by molar-refractivity contribution is 6.31. The van der Waals surface area contributed by atoms with Crippen molar-refractivity contribution < 1.29 is 9.59 Å². The van der Waals surface area contributed by atoms with Crippen LogP contribution in [0.1, 0.15) is 36.0 Å². The standard InChI is InChI=1S/C15H20ClN3O2/c16-11-4-5-12(13(17)10-11)15(21)18-7-6-14(20)19-8-2-1-3-9-19/h4-5,10H,1-3,6-9,17H2,(H,18,21). The molecule has 1 saturated heterocycles. The quantitative estimate of drug-likeness (QED) is 0.836. The van der Waals surface area contributed by atoms with Crippen LogP contribution in [0.15, 0.2) is 18.2 Å². The monoisotopic (exact) mass is 309 g/mol. The number of nitrogens with zero attached hydrogens (tertiary/aromatic N) is 1. The Morgan fingerprint density at radius 1 is 1.24 bits per heavy atom. The van der Waals surface area contributed by atoms with Crippen LogP contribution in [-0.2, 0) is 4.79 Å². The predicted octanol–water partition coefficient (Wildman–Crippen LogP) is 2.05. The molecule has 0 unspecified atom stereocenters. The van der Waals surface area contributed by atoms with E-state index in [9.17, 15) is 9.59 Å². The van der Waals surface area contributed by atoms with E-state index in [1.54, 1.807) is 12.1 Å². The van der Waals surface area contributed by atoms with Gasteiger partial charge in [-0.3, -0.25) is 9.59 Å². The van der Waals surface area contributed by atoms with Crippen molar-refractivity contribution in [2.75, 3.05) is 25.4 Å². The van der Waals surface area contributed by atoms with Crippen LogP contribution in [0, 0.1) is 0 Å². The molecule has 0 aliphatic carbocycles. The smallest absolute Gasteiger partial charge is 0.253 e. The number of carbonyl (C=O) groups is 2. The van der Waals surface area contributed by atoms with Gasteiger partial charge in [-0.1, -0.05) is 11.6 Å². The number of likely N-dealkylation sites (tertiary alicyclic amines) is 1. The molecule has 2 amide bonds. The Bertz CT molecular complexity index is 528. The summed E-state index contributed by atoms with van der Waals surface area (Å²) in [5, 5.41) is 3.21. The summed E-state index contributed by atoms with van der Waals surface area (Å²) in [7, 11) is 0. The number of nitrogen functional groups attached to an aromatic ring is 1. The molecule has 0 atom stereocenters. The summed E-state index contributed by atoms with van der Waals surface area (Å²) in [6.07, 6.45) is 3.65. The number of halogens is 1. The van der Waals surface area contributed by atoms with Crippen molar-refractivity contribution >= 4 is 29.1 Å². The van der Waals surface area contributed by atoms with Crippen molar-refractivity contribution in [2.45, 2.75) is 25.7 Å². The number of benzene rings is 1. The third kappa shape index (κ3) is 4.36. The van der Waals surface area contributed by atoms with Crippen molar-refractivity contribution in [1.82, 2.24) is 10.2 Å². The highest BCUT2D eigenvalue weighted by Gasteiger charge is 2.16. The maximum atomic E-state index is 12.0. The largest absolute Gasteiger partial charge is 0.398 e. The summed E-state index contributed by atoms with van der Waals surface area (Å²) in [6, 6.07) is 4.74. The van der Waals surface area contributed by atoms with Gasteiger partial charge >= 0.3 is 0 Å². The van der Waals surface area contributed by atoms with Gasteiger partial charge in [0.05, 0.1) is 5.56 Å². The second kappa shape index (κ2) is 7.31. The molecule has 3 N–H and O–H groups in total. The summed E-state index contributed by atoms with van der Waals surface area (Å²) in [4.78, 5) is 25.8. The van der Waals surface area contributed by atoms with Gasteiger partial charge in [-0.15, -0.1) is 0 Å². The summed E-state index contributed by atoms with van der Waals surface area (Å²) in [6.45, 7) is 1.98. The van der Waals surface area contributed by atoms with E-state index in [-0.39, 0.29) is 11.8 Å². The van der Waals surface area contributed by atoms with Crippen LogP contribution >= 0.6 is 11.6 Å². The van der Waals surface area contributed by atoms with Crippen LogP contribution in [0.4, 0.5) is 5.69 Å². The maximum Gasteiger partial charge on any atom is 0.253 e. The molecule has 1 aliphatic heterocycles. The van der Waals surface area contributed by atoms with Gasteiger partial charge in [0.2, 0.25) is 5.91 Å². The maximum absolute atomic E-state index is 12.0. The molecule has 0 radical (unpaired) electrons. The molecule has 1 fully saturated rings. The number of nitrogens with one attached hydrogen (secondary N) is 1. The molecule has 1 aromatic carbocycles. The Labute approximate surface area is 129 Å². The van der Waals surface area contributed by atoms with Crippen LogP contribution in [-0.4, -0.2) is 36.3 Å². The molecule has 0 saturated carbocycles. The van der Waals surface area contributed by atoms with Gasteiger partial charge in [-0.05, 0) is 37.5 Å². The molecule has 1 aromatic rings. The fraction of sp³-hybridized carbons (Fsp3) is 0.467. The first-order valence-electron chi connectivity index (χ1n) is 7.19. The highest BCUT2D eigenvalue weighted by Crippen LogP contribution is 2.17. The van der Waals surface area contributed by atoms with Gasteiger partial charge in [-0.2, -0.15) is 0 Å². The second-order valence-corrected chi connectivity index (χ2v) is 5.62. The third-order valence-electron chi connectivity index (χ3n) is 3.59. The van der Waals surface area contributed by atoms with E-state index in [1.807, 2.05) is 4.90 Å². The Morgan fingerprint density at radius 2 is 1.95 bits per heavy atom. The second-order valence-electron chi connectivity index (χ2n) is 5.18. The predicted molar refractivity (Wildman–Crippen MR) is 83.2 cm³/mol. The summed E-state index contributed by atoms with van der Waals surface area (Å²) in [5.74, 6) is -0.185. The summed E-state index contributed by atoms with van der Waals surface area (Å²) < 4.78 is 0. The van der Waals surface area contributed by atoms with Crippen molar-refractivity contribution in [1.29, 1.82) is 0 Å². The number of carbonyl (C=O) groups excluding carboxylic acids is 2. The van der Waals surface area contributed by atoms with Crippen molar-refractivity contribution in [3.8, 4) is 0 Å². The van der Waals surface area contributed by atoms with Gasteiger partial charge in [0.25, 0.3) is 5.91 Å². The lowest BCUT2D eigenvalue weighted by Crippen LogP contribution is -2.37. The molecule has 5 nitrogen and oxygen atoms in total. The molecule has 21 heavy (non-hydrogen) atoms. The first-order valence-corrected chi connectivity index (χ1v) is 7.57. The minimum absolute atomic E-state index is 0.0964. The Balaban J connectivity index is 1.79. The number of nitrogens with two attached hydrogens (primary N) is 1. The lowest BCUT2D eigenvalue weighted by atomic mass is 10.1. The SMILES string of the molecule is Nc1cc(Cl)ccc1C(=O)NCCC(=O)N1CCCCC1. The molecule has 1 aliphatic rings. The molecule has 1 heterocycles. The first-order chi connectivity index (χ1) is 10.1. The number of amides is 2. The molecular weight excluding hydrogens is 290 g/mol. The van der Waals surface area contributed by atoms with E-state index in [4.69, 9.17) is 17.3 Å². The van der Waals surface area contributed by atoms with Crippen LogP contribution in [0.25, 0.3) is 0 Å². The number of anilines is 1. The zero-order chi connectivity index (χ0) is 15.2. The van der Waals surface area contributed by atoms with Gasteiger partial charge in [0, 0.05) is 36.8 Å². The molecular formula is C15H20ClN3O2. The van der Waals surface area contributed by atoms with Gasteiger partial charge in [0.15, 0.2) is 0 Å². The van der Waals surface area contributed by atoms with Gasteiger partial charge in [0.1, 0.15) is 0 Å². The average molecular weight is 310 g/mol.